The van der Waals surface area contributed by atoms with Gasteiger partial charge in [-0.1, -0.05) is 26.2 Å². The van der Waals surface area contributed by atoms with Gasteiger partial charge in [-0.2, -0.15) is 0 Å². The van der Waals surface area contributed by atoms with Gasteiger partial charge in [0.25, 0.3) is 0 Å². The fourth-order valence-corrected chi connectivity index (χ4v) is 3.28. The molecule has 1 aliphatic rings. The predicted octanol–water partition coefficient (Wildman–Crippen LogP) is 3.68. The number of aryl methyl sites for hydroxylation is 1. The van der Waals surface area contributed by atoms with Crippen molar-refractivity contribution in [1.82, 2.24) is 5.32 Å². The molecule has 1 N–H and O–H groups in total. The Bertz CT molecular complexity index is 467. The van der Waals surface area contributed by atoms with Gasteiger partial charge in [0.15, 0.2) is 0 Å². The van der Waals surface area contributed by atoms with Gasteiger partial charge < -0.3 is 14.5 Å². The van der Waals surface area contributed by atoms with E-state index in [-0.39, 0.29) is 5.97 Å². The topological polar surface area (TPSA) is 51.5 Å². The highest BCUT2D eigenvalue weighted by atomic mass is 16.5. The largest absolute Gasteiger partial charge is 0.465 e. The van der Waals surface area contributed by atoms with Gasteiger partial charge in [-0.25, -0.2) is 4.79 Å². The molecule has 1 fully saturated rings. The molecule has 0 saturated heterocycles. The summed E-state index contributed by atoms with van der Waals surface area (Å²) in [6.45, 7) is 5.82. The van der Waals surface area contributed by atoms with Crippen LogP contribution < -0.4 is 5.32 Å². The van der Waals surface area contributed by atoms with E-state index >= 15 is 0 Å². The zero-order chi connectivity index (χ0) is 15.2. The Morgan fingerprint density at radius 1 is 1.48 bits per heavy atom. The lowest BCUT2D eigenvalue weighted by atomic mass is 9.81. The molecule has 118 valence electrons. The Morgan fingerprint density at radius 3 is 3.00 bits per heavy atom. The van der Waals surface area contributed by atoms with Crippen LogP contribution in [-0.2, 0) is 11.3 Å². The van der Waals surface area contributed by atoms with Crippen molar-refractivity contribution in [1.29, 1.82) is 0 Å². The highest BCUT2D eigenvalue weighted by Gasteiger charge is 2.18. The molecule has 4 nitrogen and oxygen atoms in total. The molecule has 1 aromatic rings. The molecule has 1 heterocycles. The fourth-order valence-electron chi connectivity index (χ4n) is 3.28. The van der Waals surface area contributed by atoms with Crippen LogP contribution in [0.3, 0.4) is 0 Å². The van der Waals surface area contributed by atoms with Crippen molar-refractivity contribution in [3.05, 3.63) is 23.2 Å². The highest BCUT2D eigenvalue weighted by molar-refractivity contribution is 5.90. The van der Waals surface area contributed by atoms with E-state index in [1.807, 2.05) is 0 Å². The van der Waals surface area contributed by atoms with E-state index in [1.54, 1.807) is 13.0 Å². The van der Waals surface area contributed by atoms with E-state index in [4.69, 9.17) is 9.15 Å². The quantitative estimate of drug-likeness (QED) is 0.642. The smallest absolute Gasteiger partial charge is 0.341 e. The van der Waals surface area contributed by atoms with Gasteiger partial charge in [0.2, 0.25) is 0 Å². The zero-order valence-corrected chi connectivity index (χ0v) is 13.4. The lowest BCUT2D eigenvalue weighted by Gasteiger charge is -2.26. The SMILES string of the molecule is COC(=O)c1cc(CNCCC2CCCC(C)C2)oc1C. The molecule has 1 saturated carbocycles. The lowest BCUT2D eigenvalue weighted by molar-refractivity contribution is 0.0599. The standard InChI is InChI=1S/C17H27NO3/c1-12-5-4-6-14(9-12)7-8-18-11-15-10-16(13(2)21-15)17(19)20-3/h10,12,14,18H,4-9,11H2,1-3H3. The first-order chi connectivity index (χ1) is 10.1. The van der Waals surface area contributed by atoms with E-state index in [2.05, 4.69) is 12.2 Å². The maximum absolute atomic E-state index is 11.5. The van der Waals surface area contributed by atoms with Crippen LogP contribution in [0.4, 0.5) is 0 Å². The van der Waals surface area contributed by atoms with Crippen LogP contribution in [0, 0.1) is 18.8 Å². The van der Waals surface area contributed by atoms with Crippen molar-refractivity contribution in [2.45, 2.75) is 52.5 Å². The Morgan fingerprint density at radius 2 is 2.29 bits per heavy atom. The maximum atomic E-state index is 11.5. The zero-order valence-electron chi connectivity index (χ0n) is 13.4. The Balaban J connectivity index is 1.72. The summed E-state index contributed by atoms with van der Waals surface area (Å²) in [6.07, 6.45) is 6.75. The number of nitrogens with one attached hydrogen (secondary N) is 1. The minimum atomic E-state index is -0.335. The van der Waals surface area contributed by atoms with Gasteiger partial charge in [0.1, 0.15) is 17.1 Å². The number of carbonyl (C=O) groups is 1. The molecule has 0 aliphatic heterocycles. The number of carbonyl (C=O) groups excluding carboxylic acids is 1. The first-order valence-corrected chi connectivity index (χ1v) is 7.98. The van der Waals surface area contributed by atoms with Gasteiger partial charge in [-0.15, -0.1) is 0 Å². The van der Waals surface area contributed by atoms with Gasteiger partial charge in [0.05, 0.1) is 13.7 Å². The van der Waals surface area contributed by atoms with Gasteiger partial charge >= 0.3 is 5.97 Å². The van der Waals surface area contributed by atoms with Crippen LogP contribution in [0.25, 0.3) is 0 Å². The summed E-state index contributed by atoms with van der Waals surface area (Å²) in [4.78, 5) is 11.5. The maximum Gasteiger partial charge on any atom is 0.341 e. The lowest BCUT2D eigenvalue weighted by Crippen LogP contribution is -2.20. The number of ether oxygens (including phenoxy) is 1. The van der Waals surface area contributed by atoms with Crippen molar-refractivity contribution in [3.63, 3.8) is 0 Å². The van der Waals surface area contributed by atoms with Crippen LogP contribution in [0.1, 0.15) is 60.9 Å². The van der Waals surface area contributed by atoms with E-state index in [9.17, 15) is 4.79 Å². The molecule has 0 spiro atoms. The average molecular weight is 293 g/mol. The molecule has 2 unspecified atom stereocenters. The van der Waals surface area contributed by atoms with E-state index in [0.29, 0.717) is 17.9 Å². The number of furan rings is 1. The van der Waals surface area contributed by atoms with Gasteiger partial charge in [-0.3, -0.25) is 0 Å². The number of rotatable bonds is 6. The number of esters is 1. The predicted molar refractivity (Wildman–Crippen MR) is 82.2 cm³/mol. The third-order valence-electron chi connectivity index (χ3n) is 4.45. The van der Waals surface area contributed by atoms with Crippen molar-refractivity contribution in [2.75, 3.05) is 13.7 Å². The Hall–Kier alpha value is -1.29. The molecule has 1 aromatic heterocycles. The number of hydrogen-bond acceptors (Lipinski definition) is 4. The summed E-state index contributed by atoms with van der Waals surface area (Å²) in [5.74, 6) is 2.84. The van der Waals surface area contributed by atoms with Gasteiger partial charge in [0, 0.05) is 0 Å². The van der Waals surface area contributed by atoms with Crippen LogP contribution in [0.5, 0.6) is 0 Å². The summed E-state index contributed by atoms with van der Waals surface area (Å²) in [5.41, 5.74) is 0.524. The second kappa shape index (κ2) is 7.64. The molecule has 1 aliphatic carbocycles. The highest BCUT2D eigenvalue weighted by Crippen LogP contribution is 2.30. The monoisotopic (exact) mass is 293 g/mol. The molecule has 4 heteroatoms. The Kier molecular flexibility index (Phi) is 5.85. The normalized spacial score (nSPS) is 22.2. The van der Waals surface area contributed by atoms with Crippen LogP contribution >= 0.6 is 0 Å². The molecule has 2 rings (SSSR count). The van der Waals surface area contributed by atoms with Crippen LogP contribution in [-0.4, -0.2) is 19.6 Å². The first kappa shape index (κ1) is 16.1. The first-order valence-electron chi connectivity index (χ1n) is 7.98. The minimum absolute atomic E-state index is 0.335. The van der Waals surface area contributed by atoms with E-state index in [1.165, 1.54) is 39.2 Å². The Labute approximate surface area is 127 Å². The molecule has 0 bridgehead atoms. The molecular weight excluding hydrogens is 266 g/mol. The molecule has 0 amide bonds. The number of hydrogen-bond donors (Lipinski definition) is 1. The summed E-state index contributed by atoms with van der Waals surface area (Å²) in [5, 5.41) is 3.42. The van der Waals surface area contributed by atoms with Crippen molar-refractivity contribution in [2.24, 2.45) is 11.8 Å². The molecule has 2 atom stereocenters. The summed E-state index contributed by atoms with van der Waals surface area (Å²) < 4.78 is 10.3. The number of methoxy groups -OCH3 is 1. The van der Waals surface area contributed by atoms with E-state index < -0.39 is 0 Å². The van der Waals surface area contributed by atoms with Crippen molar-refractivity contribution >= 4 is 5.97 Å². The molecule has 0 radical (unpaired) electrons. The van der Waals surface area contributed by atoms with Crippen LogP contribution in [0.2, 0.25) is 0 Å². The second-order valence-corrected chi connectivity index (χ2v) is 6.28. The minimum Gasteiger partial charge on any atom is -0.465 e. The van der Waals surface area contributed by atoms with Gasteiger partial charge in [-0.05, 0) is 44.2 Å². The van der Waals surface area contributed by atoms with Crippen LogP contribution in [0.15, 0.2) is 10.5 Å². The van der Waals surface area contributed by atoms with Crippen molar-refractivity contribution < 1.29 is 13.9 Å². The summed E-state index contributed by atoms with van der Waals surface area (Å²) >= 11 is 0. The third kappa shape index (κ3) is 4.60. The fraction of sp³-hybridized carbons (Fsp3) is 0.706. The van der Waals surface area contributed by atoms with Crippen molar-refractivity contribution in [3.8, 4) is 0 Å². The third-order valence-corrected chi connectivity index (χ3v) is 4.45. The summed E-state index contributed by atoms with van der Waals surface area (Å²) in [6, 6.07) is 1.77. The second-order valence-electron chi connectivity index (χ2n) is 6.28. The molecule has 21 heavy (non-hydrogen) atoms. The van der Waals surface area contributed by atoms with E-state index in [0.717, 1.165) is 24.1 Å². The average Bonchev–Trinajstić information content (AvgIpc) is 2.84. The molecule has 0 aromatic carbocycles. The summed E-state index contributed by atoms with van der Waals surface area (Å²) in [7, 11) is 1.39. The molecular formula is C17H27NO3.